The minimum atomic E-state index is -4.60. The number of sulfonamides is 1. The van der Waals surface area contributed by atoms with Gasteiger partial charge in [-0.2, -0.15) is 17.9 Å². The number of hydrogen-bond acceptors (Lipinski definition) is 4. The van der Waals surface area contributed by atoms with E-state index in [1.807, 2.05) is 0 Å². The summed E-state index contributed by atoms with van der Waals surface area (Å²) in [7, 11) is -4.24. The van der Waals surface area contributed by atoms with Crippen molar-refractivity contribution in [2.45, 2.75) is 29.5 Å². The fourth-order valence-corrected chi connectivity index (χ4v) is 2.83. The minimum absolute atomic E-state index is 0.0888. The van der Waals surface area contributed by atoms with Crippen LogP contribution in [0.25, 0.3) is 0 Å². The molecule has 1 aromatic rings. The summed E-state index contributed by atoms with van der Waals surface area (Å²) in [5, 5.41) is 0. The van der Waals surface area contributed by atoms with Gasteiger partial charge >= 0.3 is 6.18 Å². The molecule has 0 bridgehead atoms. The van der Waals surface area contributed by atoms with E-state index < -0.39 is 21.7 Å². The van der Waals surface area contributed by atoms with Crippen molar-refractivity contribution in [2.24, 2.45) is 0 Å². The number of nitrogens with two attached hydrogens (primary N) is 1. The van der Waals surface area contributed by atoms with Crippen molar-refractivity contribution >= 4 is 15.8 Å². The van der Waals surface area contributed by atoms with Crippen LogP contribution in [0.3, 0.4) is 0 Å². The van der Waals surface area contributed by atoms with Crippen LogP contribution in [0.4, 0.5) is 19.0 Å². The van der Waals surface area contributed by atoms with Crippen LogP contribution in [0.1, 0.15) is 12.8 Å². The van der Waals surface area contributed by atoms with Crippen LogP contribution in [0.15, 0.2) is 23.2 Å². The number of halogens is 3. The molecule has 18 heavy (non-hydrogen) atoms. The molecule has 0 amide bonds. The molecule has 0 aromatic carbocycles. The number of nitrogen functional groups attached to an aromatic ring is 1. The number of aromatic nitrogens is 1. The number of alkyl halides is 3. The largest absolute Gasteiger partial charge is 0.407 e. The van der Waals surface area contributed by atoms with Gasteiger partial charge in [0.05, 0.1) is 0 Å². The summed E-state index contributed by atoms with van der Waals surface area (Å²) in [4.78, 5) is 3.19. The van der Waals surface area contributed by atoms with E-state index in [-0.39, 0.29) is 23.6 Å². The Hall–Kier alpha value is -1.35. The van der Waals surface area contributed by atoms with Crippen LogP contribution >= 0.6 is 0 Å². The molecule has 1 fully saturated rings. The summed E-state index contributed by atoms with van der Waals surface area (Å²) in [6.07, 6.45) is -4.18. The number of nitrogens with one attached hydrogen (secondary N) is 1. The topological polar surface area (TPSA) is 85.1 Å². The van der Waals surface area contributed by atoms with E-state index in [9.17, 15) is 21.6 Å². The predicted octanol–water partition coefficient (Wildman–Crippen LogP) is 1.04. The van der Waals surface area contributed by atoms with E-state index in [4.69, 9.17) is 5.73 Å². The van der Waals surface area contributed by atoms with Gasteiger partial charge in [-0.1, -0.05) is 0 Å². The molecule has 0 aliphatic heterocycles. The van der Waals surface area contributed by atoms with Crippen molar-refractivity contribution in [1.29, 1.82) is 0 Å². The Morgan fingerprint density at radius 3 is 2.33 bits per heavy atom. The molecule has 1 saturated carbocycles. The van der Waals surface area contributed by atoms with Gasteiger partial charge in [0.25, 0.3) is 0 Å². The average molecular weight is 281 g/mol. The van der Waals surface area contributed by atoms with Crippen LogP contribution in [-0.2, 0) is 10.0 Å². The van der Waals surface area contributed by atoms with Crippen molar-refractivity contribution < 1.29 is 21.6 Å². The van der Waals surface area contributed by atoms with Crippen LogP contribution in [0.2, 0.25) is 0 Å². The van der Waals surface area contributed by atoms with Crippen LogP contribution in [0, 0.1) is 0 Å². The van der Waals surface area contributed by atoms with Gasteiger partial charge in [-0.05, 0) is 25.0 Å². The molecule has 0 saturated heterocycles. The van der Waals surface area contributed by atoms with E-state index in [1.165, 1.54) is 6.07 Å². The van der Waals surface area contributed by atoms with Gasteiger partial charge in [0.2, 0.25) is 10.0 Å². The van der Waals surface area contributed by atoms with Crippen molar-refractivity contribution in [1.82, 2.24) is 9.71 Å². The molecule has 2 rings (SSSR count). The first-order valence-corrected chi connectivity index (χ1v) is 6.47. The lowest BCUT2D eigenvalue weighted by molar-refractivity contribution is -0.160. The first-order chi connectivity index (χ1) is 8.16. The second-order valence-corrected chi connectivity index (χ2v) is 5.79. The maximum Gasteiger partial charge on any atom is 0.407 e. The monoisotopic (exact) mass is 281 g/mol. The van der Waals surface area contributed by atoms with Crippen LogP contribution in [0.5, 0.6) is 0 Å². The molecule has 100 valence electrons. The molecule has 0 unspecified atom stereocenters. The lowest BCUT2D eigenvalue weighted by atomic mass is 10.3. The standard InChI is InChI=1S/C9H10F3N3O2S/c10-9(11,12)8(3-4-8)15-18(16,17)6-1-2-7(13)14-5-6/h1-2,5,15H,3-4H2,(H2,13,14). The normalized spacial score (nSPS) is 18.6. The molecule has 3 N–H and O–H groups in total. The molecule has 9 heteroatoms. The molecule has 0 radical (unpaired) electrons. The zero-order valence-electron chi connectivity index (χ0n) is 9.03. The number of nitrogens with zero attached hydrogens (tertiary/aromatic N) is 1. The highest BCUT2D eigenvalue weighted by molar-refractivity contribution is 7.89. The molecule has 1 aliphatic rings. The van der Waals surface area contributed by atoms with E-state index in [0.717, 1.165) is 12.3 Å². The number of pyridine rings is 1. The van der Waals surface area contributed by atoms with E-state index in [0.29, 0.717) is 0 Å². The third-order valence-corrected chi connectivity index (χ3v) is 4.21. The van der Waals surface area contributed by atoms with Gasteiger partial charge in [-0.3, -0.25) is 0 Å². The smallest absolute Gasteiger partial charge is 0.384 e. The Balaban J connectivity index is 2.26. The quantitative estimate of drug-likeness (QED) is 0.866. The fraction of sp³-hybridized carbons (Fsp3) is 0.444. The maximum absolute atomic E-state index is 12.6. The summed E-state index contributed by atoms with van der Waals surface area (Å²) < 4.78 is 63.1. The van der Waals surface area contributed by atoms with Gasteiger partial charge in [0, 0.05) is 6.20 Å². The average Bonchev–Trinajstić information content (AvgIpc) is 2.97. The fourth-order valence-electron chi connectivity index (χ4n) is 1.44. The minimum Gasteiger partial charge on any atom is -0.384 e. The second kappa shape index (κ2) is 3.82. The van der Waals surface area contributed by atoms with Crippen LogP contribution in [-0.4, -0.2) is 25.1 Å². The van der Waals surface area contributed by atoms with Gasteiger partial charge in [-0.25, -0.2) is 13.4 Å². The van der Waals surface area contributed by atoms with Crippen LogP contribution < -0.4 is 10.5 Å². The summed E-state index contributed by atoms with van der Waals surface area (Å²) in [6.45, 7) is 0. The summed E-state index contributed by atoms with van der Waals surface area (Å²) in [5.74, 6) is 0.0888. The molecular weight excluding hydrogens is 271 g/mol. The van der Waals surface area contributed by atoms with Gasteiger partial charge in [0.1, 0.15) is 16.3 Å². The Kier molecular flexibility index (Phi) is 2.78. The Labute approximate surface area is 101 Å². The molecule has 5 nitrogen and oxygen atoms in total. The highest BCUT2D eigenvalue weighted by Gasteiger charge is 2.65. The summed E-state index contributed by atoms with van der Waals surface area (Å²) in [6, 6.07) is 2.32. The number of rotatable bonds is 3. The maximum atomic E-state index is 12.6. The van der Waals surface area contributed by atoms with Crippen molar-refractivity contribution in [3.63, 3.8) is 0 Å². The van der Waals surface area contributed by atoms with Gasteiger partial charge < -0.3 is 5.73 Å². The molecule has 1 aliphatic carbocycles. The highest BCUT2D eigenvalue weighted by Crippen LogP contribution is 2.49. The lowest BCUT2D eigenvalue weighted by Gasteiger charge is -2.20. The van der Waals surface area contributed by atoms with Crippen molar-refractivity contribution in [3.05, 3.63) is 18.3 Å². The zero-order valence-corrected chi connectivity index (χ0v) is 9.85. The Bertz CT molecular complexity index is 549. The third-order valence-electron chi connectivity index (χ3n) is 2.69. The number of hydrogen-bond donors (Lipinski definition) is 2. The Morgan fingerprint density at radius 2 is 1.94 bits per heavy atom. The third kappa shape index (κ3) is 2.27. The van der Waals surface area contributed by atoms with E-state index in [1.54, 1.807) is 4.72 Å². The predicted molar refractivity (Wildman–Crippen MR) is 57.0 cm³/mol. The Morgan fingerprint density at radius 1 is 1.33 bits per heavy atom. The van der Waals surface area contributed by atoms with E-state index in [2.05, 4.69) is 4.98 Å². The number of anilines is 1. The first-order valence-electron chi connectivity index (χ1n) is 4.99. The molecule has 0 spiro atoms. The van der Waals surface area contributed by atoms with E-state index >= 15 is 0 Å². The molecule has 1 aromatic heterocycles. The summed E-state index contributed by atoms with van der Waals surface area (Å²) in [5.41, 5.74) is 2.95. The van der Waals surface area contributed by atoms with Gasteiger partial charge in [0.15, 0.2) is 0 Å². The van der Waals surface area contributed by atoms with Crippen molar-refractivity contribution in [2.75, 3.05) is 5.73 Å². The zero-order chi connectivity index (χ0) is 13.6. The first kappa shape index (κ1) is 13.1. The molecule has 1 heterocycles. The second-order valence-electron chi connectivity index (χ2n) is 4.10. The highest BCUT2D eigenvalue weighted by atomic mass is 32.2. The lowest BCUT2D eigenvalue weighted by Crippen LogP contribution is -2.47. The van der Waals surface area contributed by atoms with Gasteiger partial charge in [-0.15, -0.1) is 0 Å². The van der Waals surface area contributed by atoms with Crippen molar-refractivity contribution in [3.8, 4) is 0 Å². The molecule has 0 atom stereocenters. The SMILES string of the molecule is Nc1ccc(S(=O)(=O)NC2(C(F)(F)F)CC2)cn1. The molecular formula is C9H10F3N3O2S. The summed E-state index contributed by atoms with van der Waals surface area (Å²) >= 11 is 0.